The number of hydrogen-bond donors (Lipinski definition) is 2. The molecular formula is C13H12FNOS. The van der Waals surface area contributed by atoms with E-state index < -0.39 is 0 Å². The summed E-state index contributed by atoms with van der Waals surface area (Å²) in [4.78, 5) is 0.998. The minimum absolute atomic E-state index is 0.0977. The predicted octanol–water partition coefficient (Wildman–Crippen LogP) is 3.41. The number of nitrogens with two attached hydrogens (primary N) is 1. The first-order chi connectivity index (χ1) is 8.15. The van der Waals surface area contributed by atoms with Crippen molar-refractivity contribution in [3.63, 3.8) is 0 Å². The lowest BCUT2D eigenvalue weighted by molar-refractivity contribution is 0.478. The molecule has 2 aromatic carbocycles. The van der Waals surface area contributed by atoms with Gasteiger partial charge in [-0.1, -0.05) is 6.07 Å². The van der Waals surface area contributed by atoms with Crippen LogP contribution in [0.25, 0.3) is 0 Å². The maximum atomic E-state index is 12.7. The van der Waals surface area contributed by atoms with Crippen LogP contribution >= 0.6 is 11.8 Å². The van der Waals surface area contributed by atoms with Crippen LogP contribution < -0.4 is 5.73 Å². The summed E-state index contributed by atoms with van der Waals surface area (Å²) in [7, 11) is 0. The first-order valence-electron chi connectivity index (χ1n) is 5.11. The summed E-state index contributed by atoms with van der Waals surface area (Å²) in [5.41, 5.74) is 7.00. The van der Waals surface area contributed by atoms with Crippen LogP contribution in [0.5, 0.6) is 5.75 Å². The molecule has 0 unspecified atom stereocenters. The van der Waals surface area contributed by atoms with E-state index in [2.05, 4.69) is 0 Å². The van der Waals surface area contributed by atoms with E-state index in [1.54, 1.807) is 36.0 Å². The molecule has 0 saturated carbocycles. The van der Waals surface area contributed by atoms with Crippen LogP contribution in [-0.4, -0.2) is 5.11 Å². The van der Waals surface area contributed by atoms with Gasteiger partial charge in [-0.3, -0.25) is 0 Å². The van der Waals surface area contributed by atoms with Gasteiger partial charge in [-0.05, 0) is 42.0 Å². The SMILES string of the molecule is Nc1cc(CSc2ccc(F)cc2)ccc1O. The van der Waals surface area contributed by atoms with Crippen molar-refractivity contribution in [3.05, 3.63) is 53.8 Å². The highest BCUT2D eigenvalue weighted by Crippen LogP contribution is 2.26. The van der Waals surface area contributed by atoms with Crippen molar-refractivity contribution in [3.8, 4) is 5.75 Å². The van der Waals surface area contributed by atoms with Crippen molar-refractivity contribution in [1.82, 2.24) is 0 Å². The zero-order valence-corrected chi connectivity index (χ0v) is 9.88. The third-order valence-electron chi connectivity index (χ3n) is 2.31. The summed E-state index contributed by atoms with van der Waals surface area (Å²) >= 11 is 1.59. The fraction of sp³-hybridized carbons (Fsp3) is 0.0769. The molecule has 0 saturated heterocycles. The number of phenols is 1. The molecular weight excluding hydrogens is 237 g/mol. The molecule has 0 amide bonds. The molecule has 2 nitrogen and oxygen atoms in total. The van der Waals surface area contributed by atoms with E-state index in [-0.39, 0.29) is 11.6 Å². The molecule has 4 heteroatoms. The number of halogens is 1. The van der Waals surface area contributed by atoms with Crippen molar-refractivity contribution in [2.24, 2.45) is 0 Å². The van der Waals surface area contributed by atoms with Crippen molar-refractivity contribution in [2.45, 2.75) is 10.6 Å². The summed E-state index contributed by atoms with van der Waals surface area (Å²) in [5, 5.41) is 9.29. The van der Waals surface area contributed by atoms with Gasteiger partial charge in [0, 0.05) is 10.6 Å². The maximum Gasteiger partial charge on any atom is 0.138 e. The van der Waals surface area contributed by atoms with Crippen molar-refractivity contribution in [2.75, 3.05) is 5.73 Å². The molecule has 17 heavy (non-hydrogen) atoms. The van der Waals surface area contributed by atoms with Gasteiger partial charge in [-0.15, -0.1) is 11.8 Å². The maximum absolute atomic E-state index is 12.7. The minimum Gasteiger partial charge on any atom is -0.506 e. The Morgan fingerprint density at radius 3 is 2.47 bits per heavy atom. The summed E-state index contributed by atoms with van der Waals surface area (Å²) in [5.74, 6) is 0.597. The molecule has 0 aliphatic rings. The van der Waals surface area contributed by atoms with E-state index >= 15 is 0 Å². The second kappa shape index (κ2) is 5.10. The number of aromatic hydroxyl groups is 1. The second-order valence-electron chi connectivity index (χ2n) is 3.64. The first kappa shape index (κ1) is 11.8. The zero-order valence-electron chi connectivity index (χ0n) is 9.06. The number of hydrogen-bond acceptors (Lipinski definition) is 3. The summed E-state index contributed by atoms with van der Waals surface area (Å²) in [6, 6.07) is 11.5. The Balaban J connectivity index is 2.02. The lowest BCUT2D eigenvalue weighted by Crippen LogP contribution is -1.88. The molecule has 0 aromatic heterocycles. The lowest BCUT2D eigenvalue weighted by atomic mass is 10.2. The number of nitrogen functional groups attached to an aromatic ring is 1. The Hall–Kier alpha value is -1.68. The molecule has 0 spiro atoms. The van der Waals surface area contributed by atoms with Crippen molar-refractivity contribution < 1.29 is 9.50 Å². The van der Waals surface area contributed by atoms with Crippen LogP contribution in [0.15, 0.2) is 47.4 Å². The molecule has 2 rings (SSSR count). The predicted molar refractivity (Wildman–Crippen MR) is 68.5 cm³/mol. The third-order valence-corrected chi connectivity index (χ3v) is 3.39. The van der Waals surface area contributed by atoms with Crippen LogP contribution in [0.1, 0.15) is 5.56 Å². The quantitative estimate of drug-likeness (QED) is 0.498. The van der Waals surface area contributed by atoms with Crippen molar-refractivity contribution >= 4 is 17.4 Å². The van der Waals surface area contributed by atoms with Crippen LogP contribution in [-0.2, 0) is 5.75 Å². The lowest BCUT2D eigenvalue weighted by Gasteiger charge is -2.04. The van der Waals surface area contributed by atoms with E-state index in [4.69, 9.17) is 5.73 Å². The highest BCUT2D eigenvalue weighted by atomic mass is 32.2. The van der Waals surface area contributed by atoms with Gasteiger partial charge in [0.2, 0.25) is 0 Å². The average Bonchev–Trinajstić information content (AvgIpc) is 2.33. The molecule has 88 valence electrons. The third kappa shape index (κ3) is 3.14. The van der Waals surface area contributed by atoms with E-state index in [0.29, 0.717) is 5.69 Å². The minimum atomic E-state index is -0.233. The topological polar surface area (TPSA) is 46.2 Å². The monoisotopic (exact) mass is 249 g/mol. The highest BCUT2D eigenvalue weighted by molar-refractivity contribution is 7.98. The number of benzene rings is 2. The number of rotatable bonds is 3. The summed E-state index contributed by atoms with van der Waals surface area (Å²) in [6.45, 7) is 0. The van der Waals surface area contributed by atoms with Gasteiger partial charge in [0.1, 0.15) is 11.6 Å². The molecule has 0 atom stereocenters. The van der Waals surface area contributed by atoms with Crippen LogP contribution in [0.4, 0.5) is 10.1 Å². The fourth-order valence-corrected chi connectivity index (χ4v) is 2.23. The molecule has 2 aromatic rings. The Kier molecular flexibility index (Phi) is 3.54. The van der Waals surface area contributed by atoms with E-state index in [9.17, 15) is 9.50 Å². The van der Waals surface area contributed by atoms with Gasteiger partial charge in [0.05, 0.1) is 5.69 Å². The van der Waals surface area contributed by atoms with Gasteiger partial charge in [0.15, 0.2) is 0 Å². The standard InChI is InChI=1S/C13H12FNOS/c14-10-2-4-11(5-3-10)17-8-9-1-6-13(16)12(15)7-9/h1-7,16H,8,15H2. The summed E-state index contributed by atoms with van der Waals surface area (Å²) < 4.78 is 12.7. The highest BCUT2D eigenvalue weighted by Gasteiger charge is 2.00. The van der Waals surface area contributed by atoms with Crippen LogP contribution in [0, 0.1) is 5.82 Å². The van der Waals surface area contributed by atoms with E-state index in [1.165, 1.54) is 12.1 Å². The Labute approximate surface area is 103 Å². The van der Waals surface area contributed by atoms with E-state index in [0.717, 1.165) is 16.2 Å². The Bertz CT molecular complexity index is 513. The second-order valence-corrected chi connectivity index (χ2v) is 4.68. The fourth-order valence-electron chi connectivity index (χ4n) is 1.39. The molecule has 3 N–H and O–H groups in total. The zero-order chi connectivity index (χ0) is 12.3. The van der Waals surface area contributed by atoms with Gasteiger partial charge in [0.25, 0.3) is 0 Å². The molecule has 0 aliphatic heterocycles. The van der Waals surface area contributed by atoms with Gasteiger partial charge < -0.3 is 10.8 Å². The summed E-state index contributed by atoms with van der Waals surface area (Å²) in [6.07, 6.45) is 0. The van der Waals surface area contributed by atoms with Gasteiger partial charge >= 0.3 is 0 Å². The average molecular weight is 249 g/mol. The molecule has 0 bridgehead atoms. The normalized spacial score (nSPS) is 10.4. The number of thioether (sulfide) groups is 1. The van der Waals surface area contributed by atoms with Gasteiger partial charge in [-0.2, -0.15) is 0 Å². The first-order valence-corrected chi connectivity index (χ1v) is 6.09. The molecule has 0 heterocycles. The smallest absolute Gasteiger partial charge is 0.138 e. The molecule has 0 fully saturated rings. The van der Waals surface area contributed by atoms with Crippen molar-refractivity contribution in [1.29, 1.82) is 0 Å². The number of phenolic OH excluding ortho intramolecular Hbond substituents is 1. The van der Waals surface area contributed by atoms with Crippen LogP contribution in [0.2, 0.25) is 0 Å². The van der Waals surface area contributed by atoms with Crippen LogP contribution in [0.3, 0.4) is 0 Å². The van der Waals surface area contributed by atoms with Gasteiger partial charge in [-0.25, -0.2) is 4.39 Å². The molecule has 0 radical (unpaired) electrons. The number of anilines is 1. The largest absolute Gasteiger partial charge is 0.506 e. The van der Waals surface area contributed by atoms with E-state index in [1.807, 2.05) is 6.07 Å². The molecule has 0 aliphatic carbocycles. The Morgan fingerprint density at radius 1 is 1.12 bits per heavy atom. The Morgan fingerprint density at radius 2 is 1.82 bits per heavy atom.